The first-order chi connectivity index (χ1) is 8.50. The molecule has 2 aliphatic rings. The van der Waals surface area contributed by atoms with Crippen LogP contribution in [0.4, 0.5) is 13.6 Å². The number of carbonyl (C=O) groups is 2. The normalized spacial score (nSPS) is 27.6. The SMILES string of the molecule is O=C(O)C1CSC(C2CC2)N1C(=O)NCC(F)F. The van der Waals surface area contributed by atoms with Gasteiger partial charge in [-0.2, -0.15) is 0 Å². The zero-order valence-electron chi connectivity index (χ0n) is 9.51. The Kier molecular flexibility index (Phi) is 3.94. The minimum Gasteiger partial charge on any atom is -0.480 e. The molecule has 1 aliphatic carbocycles. The van der Waals surface area contributed by atoms with Crippen LogP contribution in [0.1, 0.15) is 12.8 Å². The number of hydrogen-bond donors (Lipinski definition) is 2. The molecular formula is C10H14F2N2O3S. The summed E-state index contributed by atoms with van der Waals surface area (Å²) in [5, 5.41) is 10.9. The minimum atomic E-state index is -2.63. The lowest BCUT2D eigenvalue weighted by molar-refractivity contribution is -0.141. The Morgan fingerprint density at radius 1 is 1.44 bits per heavy atom. The number of aliphatic carboxylic acids is 1. The first kappa shape index (κ1) is 13.4. The summed E-state index contributed by atoms with van der Waals surface area (Å²) in [7, 11) is 0. The molecule has 0 bridgehead atoms. The number of alkyl halides is 2. The number of rotatable bonds is 4. The summed E-state index contributed by atoms with van der Waals surface area (Å²) < 4.78 is 24.1. The highest BCUT2D eigenvalue weighted by molar-refractivity contribution is 8.00. The molecule has 1 saturated carbocycles. The lowest BCUT2D eigenvalue weighted by Gasteiger charge is -2.27. The van der Waals surface area contributed by atoms with E-state index >= 15 is 0 Å². The van der Waals surface area contributed by atoms with Crippen molar-refractivity contribution in [1.29, 1.82) is 0 Å². The van der Waals surface area contributed by atoms with Gasteiger partial charge in [0.1, 0.15) is 6.04 Å². The van der Waals surface area contributed by atoms with Gasteiger partial charge in [0.2, 0.25) is 0 Å². The van der Waals surface area contributed by atoms with Gasteiger partial charge in [-0.15, -0.1) is 11.8 Å². The third-order valence-corrected chi connectivity index (χ3v) is 4.45. The molecule has 0 aromatic rings. The van der Waals surface area contributed by atoms with Gasteiger partial charge in [-0.1, -0.05) is 0 Å². The molecule has 0 radical (unpaired) electrons. The van der Waals surface area contributed by atoms with Crippen molar-refractivity contribution < 1.29 is 23.5 Å². The van der Waals surface area contributed by atoms with Gasteiger partial charge in [-0.05, 0) is 18.8 Å². The fraction of sp³-hybridized carbons (Fsp3) is 0.800. The van der Waals surface area contributed by atoms with Crippen LogP contribution in [0.5, 0.6) is 0 Å². The number of carboxylic acids is 1. The molecule has 1 saturated heterocycles. The Bertz CT molecular complexity index is 352. The summed E-state index contributed by atoms with van der Waals surface area (Å²) in [5.41, 5.74) is 0. The predicted molar refractivity (Wildman–Crippen MR) is 61.6 cm³/mol. The Labute approximate surface area is 107 Å². The molecule has 102 valence electrons. The summed E-state index contributed by atoms with van der Waals surface area (Å²) in [4.78, 5) is 24.1. The molecule has 2 fully saturated rings. The number of thioether (sulfide) groups is 1. The monoisotopic (exact) mass is 280 g/mol. The van der Waals surface area contributed by atoms with E-state index in [0.29, 0.717) is 11.7 Å². The molecule has 2 amide bonds. The average molecular weight is 280 g/mol. The number of urea groups is 1. The molecule has 1 heterocycles. The van der Waals surface area contributed by atoms with E-state index in [0.717, 1.165) is 12.8 Å². The smallest absolute Gasteiger partial charge is 0.327 e. The number of halogens is 2. The fourth-order valence-electron chi connectivity index (χ4n) is 1.98. The van der Waals surface area contributed by atoms with Crippen LogP contribution in [0.2, 0.25) is 0 Å². The van der Waals surface area contributed by atoms with Crippen LogP contribution in [0.15, 0.2) is 0 Å². The number of nitrogens with zero attached hydrogens (tertiary/aromatic N) is 1. The zero-order valence-corrected chi connectivity index (χ0v) is 10.3. The highest BCUT2D eigenvalue weighted by atomic mass is 32.2. The molecule has 0 spiro atoms. The van der Waals surface area contributed by atoms with Crippen molar-refractivity contribution in [1.82, 2.24) is 10.2 Å². The molecular weight excluding hydrogens is 266 g/mol. The van der Waals surface area contributed by atoms with Gasteiger partial charge in [0.25, 0.3) is 6.43 Å². The third-order valence-electron chi connectivity index (χ3n) is 2.99. The van der Waals surface area contributed by atoms with Crippen LogP contribution in [-0.4, -0.2) is 52.1 Å². The fourth-order valence-corrected chi connectivity index (χ4v) is 3.61. The van der Waals surface area contributed by atoms with Crippen LogP contribution >= 0.6 is 11.8 Å². The van der Waals surface area contributed by atoms with Crippen LogP contribution in [0.3, 0.4) is 0 Å². The van der Waals surface area contributed by atoms with Gasteiger partial charge >= 0.3 is 12.0 Å². The molecule has 1 aliphatic heterocycles. The molecule has 8 heteroatoms. The lowest BCUT2D eigenvalue weighted by atomic mass is 10.2. The molecule has 2 rings (SSSR count). The second-order valence-corrected chi connectivity index (χ2v) is 5.55. The van der Waals surface area contributed by atoms with Gasteiger partial charge in [0, 0.05) is 5.75 Å². The van der Waals surface area contributed by atoms with Crippen molar-refractivity contribution >= 4 is 23.8 Å². The number of nitrogens with one attached hydrogen (secondary N) is 1. The highest BCUT2D eigenvalue weighted by Crippen LogP contribution is 2.45. The predicted octanol–water partition coefficient (Wildman–Crippen LogP) is 1.20. The summed E-state index contributed by atoms with van der Waals surface area (Å²) >= 11 is 1.42. The summed E-state index contributed by atoms with van der Waals surface area (Å²) in [6.45, 7) is -0.746. The average Bonchev–Trinajstić information content (AvgIpc) is 3.04. The van der Waals surface area contributed by atoms with E-state index in [4.69, 9.17) is 5.11 Å². The number of carboxylic acid groups (broad SMARTS) is 1. The van der Waals surface area contributed by atoms with Crippen molar-refractivity contribution in [2.24, 2.45) is 5.92 Å². The van der Waals surface area contributed by atoms with E-state index in [9.17, 15) is 18.4 Å². The summed E-state index contributed by atoms with van der Waals surface area (Å²) in [6.07, 6.45) is -0.711. The van der Waals surface area contributed by atoms with E-state index in [1.54, 1.807) is 0 Å². The maximum absolute atomic E-state index is 12.1. The largest absolute Gasteiger partial charge is 0.480 e. The molecule has 0 aromatic heterocycles. The van der Waals surface area contributed by atoms with Gasteiger partial charge in [-0.3, -0.25) is 4.90 Å². The standard InChI is InChI=1S/C10H14F2N2O3S/c11-7(12)3-13-10(17)14-6(9(15)16)4-18-8(14)5-1-2-5/h5-8H,1-4H2,(H,13,17)(H,15,16). The third kappa shape index (κ3) is 2.85. The maximum Gasteiger partial charge on any atom is 0.327 e. The second kappa shape index (κ2) is 5.29. The first-order valence-electron chi connectivity index (χ1n) is 5.69. The maximum atomic E-state index is 12.1. The summed E-state index contributed by atoms with van der Waals surface area (Å²) in [5.74, 6) is -0.465. The van der Waals surface area contributed by atoms with Crippen LogP contribution in [0.25, 0.3) is 0 Å². The van der Waals surface area contributed by atoms with Gasteiger partial charge in [-0.25, -0.2) is 18.4 Å². The van der Waals surface area contributed by atoms with Crippen LogP contribution in [0, 0.1) is 5.92 Å². The van der Waals surface area contributed by atoms with E-state index in [1.807, 2.05) is 0 Å². The zero-order chi connectivity index (χ0) is 13.3. The Morgan fingerprint density at radius 3 is 2.61 bits per heavy atom. The van der Waals surface area contributed by atoms with Gasteiger partial charge < -0.3 is 10.4 Å². The first-order valence-corrected chi connectivity index (χ1v) is 6.74. The summed E-state index contributed by atoms with van der Waals surface area (Å²) in [6, 6.07) is -1.62. The van der Waals surface area contributed by atoms with Crippen molar-refractivity contribution in [3.05, 3.63) is 0 Å². The van der Waals surface area contributed by atoms with Gasteiger partial charge in [0.15, 0.2) is 0 Å². The topological polar surface area (TPSA) is 69.6 Å². The quantitative estimate of drug-likeness (QED) is 0.812. The van der Waals surface area contributed by atoms with Gasteiger partial charge in [0.05, 0.1) is 11.9 Å². The van der Waals surface area contributed by atoms with E-state index in [-0.39, 0.29) is 5.37 Å². The van der Waals surface area contributed by atoms with E-state index < -0.39 is 31.0 Å². The van der Waals surface area contributed by atoms with Crippen LogP contribution in [-0.2, 0) is 4.79 Å². The van der Waals surface area contributed by atoms with E-state index in [1.165, 1.54) is 16.7 Å². The number of carbonyl (C=O) groups excluding carboxylic acids is 1. The molecule has 5 nitrogen and oxygen atoms in total. The second-order valence-electron chi connectivity index (χ2n) is 4.40. The molecule has 2 atom stereocenters. The molecule has 0 aromatic carbocycles. The van der Waals surface area contributed by atoms with Crippen molar-refractivity contribution in [3.8, 4) is 0 Å². The number of amides is 2. The Balaban J connectivity index is 2.03. The van der Waals surface area contributed by atoms with Crippen LogP contribution < -0.4 is 5.32 Å². The Hall–Kier alpha value is -1.05. The molecule has 2 unspecified atom stereocenters. The van der Waals surface area contributed by atoms with Crippen molar-refractivity contribution in [2.75, 3.05) is 12.3 Å². The van der Waals surface area contributed by atoms with Crippen molar-refractivity contribution in [3.63, 3.8) is 0 Å². The Morgan fingerprint density at radius 2 is 2.11 bits per heavy atom. The minimum absolute atomic E-state index is 0.191. The van der Waals surface area contributed by atoms with Crippen molar-refractivity contribution in [2.45, 2.75) is 30.7 Å². The van der Waals surface area contributed by atoms with E-state index in [2.05, 4.69) is 5.32 Å². The highest BCUT2D eigenvalue weighted by Gasteiger charge is 2.48. The lowest BCUT2D eigenvalue weighted by Crippen LogP contribution is -2.51. The number of hydrogen-bond acceptors (Lipinski definition) is 3. The molecule has 2 N–H and O–H groups in total. The molecule has 18 heavy (non-hydrogen) atoms.